The largest absolute Gasteiger partial charge is 0.346 e. The maximum absolute atomic E-state index is 13.7. The first-order chi connectivity index (χ1) is 12.1. The van der Waals surface area contributed by atoms with E-state index in [1.807, 2.05) is 35.2 Å². The number of rotatable bonds is 4. The molecule has 2 aromatic carbocycles. The Bertz CT molecular complexity index is 916. The van der Waals surface area contributed by atoms with Crippen LogP contribution < -0.4 is 10.2 Å². The summed E-state index contributed by atoms with van der Waals surface area (Å²) in [4.78, 5) is 18.7. The molecular formula is C19H18FN3OS. The number of aryl methyl sites for hydroxylation is 1. The smallest absolute Gasteiger partial charge is 0.231 e. The van der Waals surface area contributed by atoms with Crippen LogP contribution in [0.4, 0.5) is 15.2 Å². The van der Waals surface area contributed by atoms with Crippen molar-refractivity contribution in [1.29, 1.82) is 0 Å². The van der Waals surface area contributed by atoms with Gasteiger partial charge in [0.15, 0.2) is 5.13 Å². The van der Waals surface area contributed by atoms with Crippen molar-refractivity contribution in [2.24, 2.45) is 5.92 Å². The van der Waals surface area contributed by atoms with Crippen molar-refractivity contribution in [1.82, 2.24) is 4.98 Å². The lowest BCUT2D eigenvalue weighted by molar-refractivity contribution is -0.120. The Morgan fingerprint density at radius 3 is 2.72 bits per heavy atom. The minimum Gasteiger partial charge on any atom is -0.346 e. The van der Waals surface area contributed by atoms with Gasteiger partial charge in [-0.2, -0.15) is 0 Å². The monoisotopic (exact) mass is 355 g/mol. The topological polar surface area (TPSA) is 45.2 Å². The highest BCUT2D eigenvalue weighted by Gasteiger charge is 2.34. The molecule has 0 unspecified atom stereocenters. The van der Waals surface area contributed by atoms with Crippen molar-refractivity contribution in [3.05, 3.63) is 53.8 Å². The fraction of sp³-hybridized carbons (Fsp3) is 0.263. The highest BCUT2D eigenvalue weighted by molar-refractivity contribution is 7.22. The van der Waals surface area contributed by atoms with Gasteiger partial charge in [-0.15, -0.1) is 0 Å². The molecule has 2 heterocycles. The van der Waals surface area contributed by atoms with E-state index in [-0.39, 0.29) is 17.6 Å². The lowest BCUT2D eigenvalue weighted by Crippen LogP contribution is -2.52. The average Bonchev–Trinajstić information content (AvgIpc) is 2.99. The molecule has 6 heteroatoms. The molecule has 1 aliphatic rings. The van der Waals surface area contributed by atoms with Gasteiger partial charge in [-0.3, -0.25) is 4.79 Å². The number of amides is 1. The number of halogens is 1. The number of carbonyl (C=O) groups excluding carboxylic acids is 1. The minimum atomic E-state index is -0.301. The third-order valence-electron chi connectivity index (χ3n) is 4.51. The molecule has 128 valence electrons. The van der Waals surface area contributed by atoms with E-state index in [0.29, 0.717) is 18.6 Å². The summed E-state index contributed by atoms with van der Waals surface area (Å²) in [6.45, 7) is 3.32. The molecule has 0 aliphatic carbocycles. The van der Waals surface area contributed by atoms with Gasteiger partial charge in [-0.1, -0.05) is 36.5 Å². The standard InChI is InChI=1S/C19H18FN3OS/c1-2-12-6-8-14(9-7-12)21-18(24)13-10-23(11-13)19-22-17-15(20)4-3-5-16(17)25-19/h3-9,13H,2,10-11H2,1H3,(H,21,24). The molecule has 1 aliphatic heterocycles. The number of nitrogens with zero attached hydrogens (tertiary/aromatic N) is 2. The Balaban J connectivity index is 1.38. The van der Waals surface area contributed by atoms with Gasteiger partial charge in [-0.25, -0.2) is 9.37 Å². The minimum absolute atomic E-state index is 0.0211. The van der Waals surface area contributed by atoms with Gasteiger partial charge in [0.05, 0.1) is 10.6 Å². The second-order valence-corrected chi connectivity index (χ2v) is 7.23. The highest BCUT2D eigenvalue weighted by atomic mass is 32.1. The van der Waals surface area contributed by atoms with E-state index >= 15 is 0 Å². The van der Waals surface area contributed by atoms with E-state index in [0.717, 1.165) is 21.9 Å². The number of anilines is 2. The Morgan fingerprint density at radius 1 is 1.28 bits per heavy atom. The van der Waals surface area contributed by atoms with E-state index in [9.17, 15) is 9.18 Å². The zero-order valence-corrected chi connectivity index (χ0v) is 14.6. The molecule has 1 amide bonds. The number of carbonyl (C=O) groups is 1. The molecule has 1 N–H and O–H groups in total. The van der Waals surface area contributed by atoms with Crippen LogP contribution in [-0.2, 0) is 11.2 Å². The van der Waals surface area contributed by atoms with Crippen molar-refractivity contribution >= 4 is 38.3 Å². The van der Waals surface area contributed by atoms with Gasteiger partial charge >= 0.3 is 0 Å². The van der Waals surface area contributed by atoms with Crippen LogP contribution in [0.3, 0.4) is 0 Å². The average molecular weight is 355 g/mol. The normalized spacial score (nSPS) is 14.6. The van der Waals surface area contributed by atoms with Crippen LogP contribution >= 0.6 is 11.3 Å². The van der Waals surface area contributed by atoms with Gasteiger partial charge in [0.1, 0.15) is 11.3 Å². The summed E-state index contributed by atoms with van der Waals surface area (Å²) >= 11 is 1.46. The van der Waals surface area contributed by atoms with Crippen molar-refractivity contribution in [2.45, 2.75) is 13.3 Å². The Hall–Kier alpha value is -2.47. The molecule has 1 saturated heterocycles. The molecule has 1 fully saturated rings. The van der Waals surface area contributed by atoms with E-state index in [1.54, 1.807) is 6.07 Å². The van der Waals surface area contributed by atoms with Crippen molar-refractivity contribution in [2.75, 3.05) is 23.3 Å². The summed E-state index contributed by atoms with van der Waals surface area (Å²) in [5.74, 6) is -0.346. The van der Waals surface area contributed by atoms with Crippen LogP contribution in [0.2, 0.25) is 0 Å². The van der Waals surface area contributed by atoms with E-state index in [2.05, 4.69) is 17.2 Å². The number of aromatic nitrogens is 1. The SMILES string of the molecule is CCc1ccc(NC(=O)C2CN(c3nc4c(F)cccc4s3)C2)cc1. The third-order valence-corrected chi connectivity index (χ3v) is 5.59. The third kappa shape index (κ3) is 3.09. The van der Waals surface area contributed by atoms with Crippen molar-refractivity contribution in [3.8, 4) is 0 Å². The number of thiazole rings is 1. The molecule has 3 aromatic rings. The predicted molar refractivity (Wildman–Crippen MR) is 99.7 cm³/mol. The molecule has 4 nitrogen and oxygen atoms in total. The first kappa shape index (κ1) is 16.0. The molecule has 0 atom stereocenters. The molecule has 0 bridgehead atoms. The molecule has 0 saturated carbocycles. The zero-order chi connectivity index (χ0) is 17.4. The van der Waals surface area contributed by atoms with Crippen LogP contribution in [-0.4, -0.2) is 24.0 Å². The van der Waals surface area contributed by atoms with E-state index in [4.69, 9.17) is 0 Å². The Kier molecular flexibility index (Phi) is 4.13. The molecule has 1 aromatic heterocycles. The first-order valence-electron chi connectivity index (χ1n) is 8.34. The van der Waals surface area contributed by atoms with Crippen molar-refractivity contribution < 1.29 is 9.18 Å². The quantitative estimate of drug-likeness (QED) is 0.767. The molecule has 0 radical (unpaired) electrons. The van der Waals surface area contributed by atoms with Gasteiger partial charge in [0.25, 0.3) is 0 Å². The Morgan fingerprint density at radius 2 is 2.04 bits per heavy atom. The fourth-order valence-electron chi connectivity index (χ4n) is 2.91. The second-order valence-electron chi connectivity index (χ2n) is 6.22. The number of hydrogen-bond acceptors (Lipinski definition) is 4. The van der Waals surface area contributed by atoms with Gasteiger partial charge < -0.3 is 10.2 Å². The maximum Gasteiger partial charge on any atom is 0.231 e. The highest BCUT2D eigenvalue weighted by Crippen LogP contribution is 2.34. The second kappa shape index (κ2) is 6.44. The first-order valence-corrected chi connectivity index (χ1v) is 9.15. The molecule has 4 rings (SSSR count). The number of fused-ring (bicyclic) bond motifs is 1. The van der Waals surface area contributed by atoms with Crippen LogP contribution in [0, 0.1) is 11.7 Å². The van der Waals surface area contributed by atoms with Crippen LogP contribution in [0.15, 0.2) is 42.5 Å². The summed E-state index contributed by atoms with van der Waals surface area (Å²) in [5.41, 5.74) is 2.48. The summed E-state index contributed by atoms with van der Waals surface area (Å²) in [6.07, 6.45) is 0.981. The molecule has 0 spiro atoms. The van der Waals surface area contributed by atoms with Crippen LogP contribution in [0.1, 0.15) is 12.5 Å². The van der Waals surface area contributed by atoms with Crippen molar-refractivity contribution in [3.63, 3.8) is 0 Å². The lowest BCUT2D eigenvalue weighted by Gasteiger charge is -2.37. The molecular weight excluding hydrogens is 337 g/mol. The summed E-state index contributed by atoms with van der Waals surface area (Å²) in [5, 5.41) is 3.73. The number of para-hydroxylation sites is 1. The predicted octanol–water partition coefficient (Wildman–Crippen LogP) is 4.07. The Labute approximate surface area is 149 Å². The summed E-state index contributed by atoms with van der Waals surface area (Å²) in [7, 11) is 0. The summed E-state index contributed by atoms with van der Waals surface area (Å²) < 4.78 is 14.6. The van der Waals surface area contributed by atoms with Gasteiger partial charge in [-0.05, 0) is 36.2 Å². The van der Waals surface area contributed by atoms with Crippen LogP contribution in [0.5, 0.6) is 0 Å². The fourth-order valence-corrected chi connectivity index (χ4v) is 3.91. The van der Waals surface area contributed by atoms with E-state index < -0.39 is 0 Å². The lowest BCUT2D eigenvalue weighted by atomic mass is 10.00. The van der Waals surface area contributed by atoms with Gasteiger partial charge in [0, 0.05) is 18.8 Å². The maximum atomic E-state index is 13.7. The number of nitrogens with one attached hydrogen (secondary N) is 1. The zero-order valence-electron chi connectivity index (χ0n) is 13.8. The van der Waals surface area contributed by atoms with Gasteiger partial charge in [0.2, 0.25) is 5.91 Å². The van der Waals surface area contributed by atoms with Crippen LogP contribution in [0.25, 0.3) is 10.2 Å². The number of benzene rings is 2. The number of hydrogen-bond donors (Lipinski definition) is 1. The molecule has 25 heavy (non-hydrogen) atoms. The summed E-state index contributed by atoms with van der Waals surface area (Å²) in [6, 6.07) is 12.9. The van der Waals surface area contributed by atoms with E-state index in [1.165, 1.54) is 23.0 Å².